The van der Waals surface area contributed by atoms with Crippen LogP contribution in [-0.4, -0.2) is 26.1 Å². The molecule has 2 heterocycles. The molecule has 2 aromatic heterocycles. The molecule has 0 unspecified atom stereocenters. The van der Waals surface area contributed by atoms with Gasteiger partial charge in [0.15, 0.2) is 0 Å². The highest BCUT2D eigenvalue weighted by Crippen LogP contribution is 2.28. The van der Waals surface area contributed by atoms with Crippen LogP contribution < -0.4 is 0 Å². The van der Waals surface area contributed by atoms with Crippen LogP contribution in [0.15, 0.2) is 66.0 Å². The van der Waals surface area contributed by atoms with Gasteiger partial charge in [-0.1, -0.05) is 48.5 Å². The molecule has 2 aromatic carbocycles. The number of para-hydroxylation sites is 1. The number of nitrogens with zero attached hydrogens (tertiary/aromatic N) is 3. The third-order valence-electron chi connectivity index (χ3n) is 3.66. The summed E-state index contributed by atoms with van der Waals surface area (Å²) in [6, 6.07) is 18.4. The van der Waals surface area contributed by atoms with E-state index in [4.69, 9.17) is 12.2 Å². The first-order valence-corrected chi connectivity index (χ1v) is 7.56. The van der Waals surface area contributed by atoms with Crippen molar-refractivity contribution in [3.8, 4) is 11.3 Å². The molecule has 6 heteroatoms. The molecule has 0 saturated heterocycles. The highest BCUT2D eigenvalue weighted by atomic mass is 32.1. The minimum atomic E-state index is 0.461. The van der Waals surface area contributed by atoms with Gasteiger partial charge in [0.05, 0.1) is 11.9 Å². The summed E-state index contributed by atoms with van der Waals surface area (Å²) in [6.45, 7) is 0. The summed E-state index contributed by atoms with van der Waals surface area (Å²) >= 11 is 5.13. The van der Waals surface area contributed by atoms with E-state index in [1.165, 1.54) is 4.68 Å². The van der Waals surface area contributed by atoms with Crippen molar-refractivity contribution in [2.75, 3.05) is 0 Å². The molecule has 5 nitrogen and oxygen atoms in total. The van der Waals surface area contributed by atoms with Crippen LogP contribution in [0, 0.1) is 4.77 Å². The van der Waals surface area contributed by atoms with Gasteiger partial charge < -0.3 is 4.98 Å². The lowest BCUT2D eigenvalue weighted by Crippen LogP contribution is -1.91. The van der Waals surface area contributed by atoms with Crippen molar-refractivity contribution in [2.24, 2.45) is 5.10 Å². The molecular weight excluding hydrogens is 306 g/mol. The fourth-order valence-corrected chi connectivity index (χ4v) is 2.72. The largest absolute Gasteiger partial charge is 0.354 e. The zero-order chi connectivity index (χ0) is 15.6. The second kappa shape index (κ2) is 5.66. The van der Waals surface area contributed by atoms with E-state index in [1.54, 1.807) is 6.33 Å². The van der Waals surface area contributed by atoms with Crippen molar-refractivity contribution in [3.05, 3.63) is 71.3 Å². The molecule has 23 heavy (non-hydrogen) atoms. The van der Waals surface area contributed by atoms with Crippen molar-refractivity contribution in [1.29, 1.82) is 0 Å². The van der Waals surface area contributed by atoms with Crippen molar-refractivity contribution in [3.63, 3.8) is 0 Å². The number of hydrogen-bond donors (Lipinski definition) is 2. The molecule has 0 spiro atoms. The third-order valence-corrected chi connectivity index (χ3v) is 3.93. The number of fused-ring (bicyclic) bond motifs is 1. The molecule has 0 aliphatic carbocycles. The number of benzene rings is 2. The minimum absolute atomic E-state index is 0.461. The molecule has 0 atom stereocenters. The highest BCUT2D eigenvalue weighted by Gasteiger charge is 2.11. The van der Waals surface area contributed by atoms with Gasteiger partial charge in [0.1, 0.15) is 6.33 Å². The van der Waals surface area contributed by atoms with Gasteiger partial charge in [0, 0.05) is 16.5 Å². The van der Waals surface area contributed by atoms with Crippen LogP contribution in [0.1, 0.15) is 5.56 Å². The second-order valence-corrected chi connectivity index (χ2v) is 5.46. The standard InChI is InChI=1S/C17H13N5S/c23-17-21-18-11-22(17)19-10-14-13-8-4-5-9-15(13)20-16(14)12-6-2-1-3-7-12/h1-11,20H,(H,21,23)/b19-10+. The molecule has 112 valence electrons. The van der Waals surface area contributed by atoms with Crippen molar-refractivity contribution >= 4 is 29.3 Å². The number of hydrogen-bond acceptors (Lipinski definition) is 3. The van der Waals surface area contributed by atoms with Crippen LogP contribution in [0.3, 0.4) is 0 Å². The molecule has 0 amide bonds. The normalized spacial score (nSPS) is 11.5. The first-order valence-electron chi connectivity index (χ1n) is 7.15. The summed E-state index contributed by atoms with van der Waals surface area (Å²) in [7, 11) is 0. The summed E-state index contributed by atoms with van der Waals surface area (Å²) in [5.41, 5.74) is 4.24. The van der Waals surface area contributed by atoms with Gasteiger partial charge in [0.25, 0.3) is 0 Å². The Balaban J connectivity index is 1.91. The number of rotatable bonds is 3. The monoisotopic (exact) mass is 319 g/mol. The molecule has 0 aliphatic heterocycles. The van der Waals surface area contributed by atoms with Crippen LogP contribution in [0.5, 0.6) is 0 Å². The predicted molar refractivity (Wildman–Crippen MR) is 94.1 cm³/mol. The van der Waals surface area contributed by atoms with Crippen molar-refractivity contribution in [1.82, 2.24) is 19.9 Å². The first-order chi connectivity index (χ1) is 11.3. The van der Waals surface area contributed by atoms with E-state index in [1.807, 2.05) is 36.5 Å². The quantitative estimate of drug-likeness (QED) is 0.443. The summed E-state index contributed by atoms with van der Waals surface area (Å²) < 4.78 is 1.99. The Morgan fingerprint density at radius 3 is 2.61 bits per heavy atom. The van der Waals surface area contributed by atoms with E-state index in [-0.39, 0.29) is 0 Å². The molecular formula is C17H13N5S. The summed E-state index contributed by atoms with van der Waals surface area (Å²) in [5, 5.41) is 12.1. The Kier molecular flexibility index (Phi) is 3.36. The van der Waals surface area contributed by atoms with Crippen LogP contribution >= 0.6 is 12.2 Å². The molecule has 0 saturated carbocycles. The first kappa shape index (κ1) is 13.7. The van der Waals surface area contributed by atoms with Gasteiger partial charge in [0.2, 0.25) is 4.77 Å². The number of H-pyrrole nitrogens is 2. The number of aromatic amines is 2. The molecule has 2 N–H and O–H groups in total. The minimum Gasteiger partial charge on any atom is -0.354 e. The fourth-order valence-electron chi connectivity index (χ4n) is 2.57. The Bertz CT molecular complexity index is 1040. The topological polar surface area (TPSA) is 61.8 Å². The number of nitrogens with one attached hydrogen (secondary N) is 2. The van der Waals surface area contributed by atoms with E-state index < -0.39 is 0 Å². The summed E-state index contributed by atoms with van der Waals surface area (Å²) in [4.78, 5) is 3.48. The SMILES string of the molecule is S=c1[nH]ncn1/N=C/c1c(-c2ccccc2)[nH]c2ccccc12. The lowest BCUT2D eigenvalue weighted by molar-refractivity contribution is 0.863. The molecule has 0 aliphatic rings. The van der Waals surface area contributed by atoms with E-state index in [9.17, 15) is 0 Å². The van der Waals surface area contributed by atoms with Crippen LogP contribution in [0.2, 0.25) is 0 Å². The van der Waals surface area contributed by atoms with E-state index in [0.717, 1.165) is 27.7 Å². The second-order valence-electron chi connectivity index (χ2n) is 5.08. The van der Waals surface area contributed by atoms with Crippen LogP contribution in [0.25, 0.3) is 22.2 Å². The average molecular weight is 319 g/mol. The van der Waals surface area contributed by atoms with Gasteiger partial charge in [-0.15, -0.1) is 0 Å². The maximum Gasteiger partial charge on any atom is 0.216 e. The fraction of sp³-hybridized carbons (Fsp3) is 0. The lowest BCUT2D eigenvalue weighted by Gasteiger charge is -2.00. The van der Waals surface area contributed by atoms with Gasteiger partial charge in [-0.3, -0.25) is 5.10 Å². The average Bonchev–Trinajstić information content (AvgIpc) is 3.17. The summed E-state index contributed by atoms with van der Waals surface area (Å²) in [5.74, 6) is 0. The zero-order valence-electron chi connectivity index (χ0n) is 12.1. The Hall–Kier alpha value is -2.99. The maximum atomic E-state index is 5.13. The van der Waals surface area contributed by atoms with E-state index >= 15 is 0 Å². The molecule has 0 fully saturated rings. The van der Waals surface area contributed by atoms with Crippen molar-refractivity contribution in [2.45, 2.75) is 0 Å². The highest BCUT2D eigenvalue weighted by molar-refractivity contribution is 7.71. The van der Waals surface area contributed by atoms with Gasteiger partial charge >= 0.3 is 0 Å². The van der Waals surface area contributed by atoms with Crippen LogP contribution in [0.4, 0.5) is 0 Å². The van der Waals surface area contributed by atoms with Gasteiger partial charge in [-0.25, -0.2) is 0 Å². The number of aromatic nitrogens is 4. The Labute approximate surface area is 137 Å². The Morgan fingerprint density at radius 1 is 1.04 bits per heavy atom. The molecule has 4 aromatic rings. The van der Waals surface area contributed by atoms with Gasteiger partial charge in [-0.2, -0.15) is 14.9 Å². The lowest BCUT2D eigenvalue weighted by atomic mass is 10.1. The van der Waals surface area contributed by atoms with E-state index in [2.05, 4.69) is 44.5 Å². The zero-order valence-corrected chi connectivity index (χ0v) is 12.9. The Morgan fingerprint density at radius 2 is 1.83 bits per heavy atom. The molecule has 0 bridgehead atoms. The van der Waals surface area contributed by atoms with Crippen LogP contribution in [-0.2, 0) is 0 Å². The van der Waals surface area contributed by atoms with E-state index in [0.29, 0.717) is 4.77 Å². The third kappa shape index (κ3) is 2.49. The van der Waals surface area contributed by atoms with Gasteiger partial charge in [-0.05, 0) is 23.8 Å². The maximum absolute atomic E-state index is 5.13. The summed E-state index contributed by atoms with van der Waals surface area (Å²) in [6.07, 6.45) is 3.36. The van der Waals surface area contributed by atoms with Crippen molar-refractivity contribution < 1.29 is 0 Å². The smallest absolute Gasteiger partial charge is 0.216 e. The molecule has 4 rings (SSSR count). The predicted octanol–water partition coefficient (Wildman–Crippen LogP) is 3.97. The molecule has 0 radical (unpaired) electrons.